The molecule has 2 heterocycles. The van der Waals surface area contributed by atoms with Crippen LogP contribution in [0.3, 0.4) is 0 Å². The minimum Gasteiger partial charge on any atom is -0.343 e. The van der Waals surface area contributed by atoms with Crippen LogP contribution in [0.1, 0.15) is 44.1 Å². The van der Waals surface area contributed by atoms with Crippen molar-refractivity contribution in [2.45, 2.75) is 63.1 Å². The zero-order valence-corrected chi connectivity index (χ0v) is 12.9. The van der Waals surface area contributed by atoms with Crippen molar-refractivity contribution < 1.29 is 4.79 Å². The van der Waals surface area contributed by atoms with Crippen molar-refractivity contribution in [3.05, 3.63) is 35.9 Å². The number of nitrogens with one attached hydrogen (secondary N) is 1. The lowest BCUT2D eigenvalue weighted by Gasteiger charge is -2.35. The smallest absolute Gasteiger partial charge is 0.222 e. The lowest BCUT2D eigenvalue weighted by molar-refractivity contribution is -0.132. The highest BCUT2D eigenvalue weighted by Gasteiger charge is 2.36. The van der Waals surface area contributed by atoms with Crippen LogP contribution in [0.5, 0.6) is 0 Å². The Bertz CT molecular complexity index is 461. The van der Waals surface area contributed by atoms with Crippen molar-refractivity contribution in [1.29, 1.82) is 0 Å². The third kappa shape index (κ3) is 3.65. The minimum atomic E-state index is 0.317. The zero-order chi connectivity index (χ0) is 14.7. The Kier molecular flexibility index (Phi) is 4.59. The van der Waals surface area contributed by atoms with Gasteiger partial charge in [-0.2, -0.15) is 0 Å². The Balaban J connectivity index is 1.44. The molecule has 2 aliphatic heterocycles. The van der Waals surface area contributed by atoms with Crippen LogP contribution in [0.2, 0.25) is 0 Å². The van der Waals surface area contributed by atoms with Crippen molar-refractivity contribution in [1.82, 2.24) is 10.2 Å². The number of amides is 1. The van der Waals surface area contributed by atoms with Gasteiger partial charge in [0.05, 0.1) is 0 Å². The summed E-state index contributed by atoms with van der Waals surface area (Å²) >= 11 is 0. The zero-order valence-electron chi connectivity index (χ0n) is 12.9. The van der Waals surface area contributed by atoms with Gasteiger partial charge in [0.25, 0.3) is 0 Å². The van der Waals surface area contributed by atoms with Gasteiger partial charge in [-0.3, -0.25) is 4.79 Å². The maximum Gasteiger partial charge on any atom is 0.222 e. The summed E-state index contributed by atoms with van der Waals surface area (Å²) in [6, 6.07) is 12.2. The van der Waals surface area contributed by atoms with Crippen molar-refractivity contribution in [2.75, 3.05) is 7.05 Å². The summed E-state index contributed by atoms with van der Waals surface area (Å²) in [7, 11) is 2.00. The first-order valence-corrected chi connectivity index (χ1v) is 8.28. The van der Waals surface area contributed by atoms with Gasteiger partial charge in [0.1, 0.15) is 0 Å². The van der Waals surface area contributed by atoms with Crippen LogP contribution in [-0.4, -0.2) is 36.0 Å². The fourth-order valence-electron chi connectivity index (χ4n) is 3.81. The summed E-state index contributed by atoms with van der Waals surface area (Å²) < 4.78 is 0. The van der Waals surface area contributed by atoms with Gasteiger partial charge < -0.3 is 10.2 Å². The standard InChI is InChI=1S/C18H26N2O/c1-20(17-12-15-10-11-16(13-17)19-15)18(21)9-5-8-14-6-3-2-4-7-14/h2-4,6-7,15-17,19H,5,8-13H2,1H3. The van der Waals surface area contributed by atoms with E-state index in [-0.39, 0.29) is 0 Å². The maximum atomic E-state index is 12.4. The molecular weight excluding hydrogens is 260 g/mol. The summed E-state index contributed by atoms with van der Waals surface area (Å²) in [4.78, 5) is 14.4. The Morgan fingerprint density at radius 3 is 2.52 bits per heavy atom. The minimum absolute atomic E-state index is 0.317. The number of hydrogen-bond acceptors (Lipinski definition) is 2. The first-order valence-electron chi connectivity index (χ1n) is 8.28. The average molecular weight is 286 g/mol. The summed E-state index contributed by atoms with van der Waals surface area (Å²) in [6.45, 7) is 0. The molecule has 1 aromatic carbocycles. The lowest BCUT2D eigenvalue weighted by atomic mass is 9.98. The van der Waals surface area contributed by atoms with Crippen molar-refractivity contribution in [2.24, 2.45) is 0 Å². The molecule has 0 radical (unpaired) electrons. The molecule has 2 atom stereocenters. The van der Waals surface area contributed by atoms with Crippen LogP contribution in [0.15, 0.2) is 30.3 Å². The summed E-state index contributed by atoms with van der Waals surface area (Å²) in [5.74, 6) is 0.317. The number of hydrogen-bond donors (Lipinski definition) is 1. The number of rotatable bonds is 5. The van der Waals surface area contributed by atoms with Gasteiger partial charge in [-0.05, 0) is 44.1 Å². The van der Waals surface area contributed by atoms with E-state index < -0.39 is 0 Å². The van der Waals surface area contributed by atoms with E-state index in [0.717, 1.165) is 25.7 Å². The van der Waals surface area contributed by atoms with E-state index in [4.69, 9.17) is 0 Å². The predicted molar refractivity (Wildman–Crippen MR) is 85.1 cm³/mol. The normalized spacial score (nSPS) is 27.6. The summed E-state index contributed by atoms with van der Waals surface area (Å²) in [5, 5.41) is 3.64. The molecule has 3 rings (SSSR count). The first-order chi connectivity index (χ1) is 10.2. The van der Waals surface area contributed by atoms with E-state index in [1.54, 1.807) is 0 Å². The molecule has 0 spiro atoms. The SMILES string of the molecule is CN(C(=O)CCCc1ccccc1)C1CC2CCC(C1)N2. The van der Waals surface area contributed by atoms with Crippen molar-refractivity contribution in [3.8, 4) is 0 Å². The molecular formula is C18H26N2O. The second-order valence-corrected chi connectivity index (χ2v) is 6.61. The molecule has 2 unspecified atom stereocenters. The Morgan fingerprint density at radius 2 is 1.86 bits per heavy atom. The Morgan fingerprint density at radius 1 is 1.19 bits per heavy atom. The van der Waals surface area contributed by atoms with E-state index >= 15 is 0 Å². The predicted octanol–water partition coefficient (Wildman–Crippen LogP) is 2.75. The molecule has 2 aliphatic rings. The summed E-state index contributed by atoms with van der Waals surface area (Å²) in [5.41, 5.74) is 1.33. The Labute approximate surface area is 127 Å². The molecule has 2 saturated heterocycles. The number of carbonyl (C=O) groups excluding carboxylic acids is 1. The third-order valence-electron chi connectivity index (χ3n) is 5.09. The monoisotopic (exact) mass is 286 g/mol. The number of benzene rings is 1. The molecule has 2 fully saturated rings. The lowest BCUT2D eigenvalue weighted by Crippen LogP contribution is -2.48. The first kappa shape index (κ1) is 14.6. The van der Waals surface area contributed by atoms with Gasteiger partial charge in [-0.15, -0.1) is 0 Å². The highest BCUT2D eigenvalue weighted by atomic mass is 16.2. The Hall–Kier alpha value is -1.35. The molecule has 0 aromatic heterocycles. The third-order valence-corrected chi connectivity index (χ3v) is 5.09. The molecule has 2 bridgehead atoms. The van der Waals surface area contributed by atoms with Gasteiger partial charge in [0, 0.05) is 31.6 Å². The van der Waals surface area contributed by atoms with Gasteiger partial charge in [0.2, 0.25) is 5.91 Å². The van der Waals surface area contributed by atoms with Crippen molar-refractivity contribution >= 4 is 5.91 Å². The van der Waals surface area contributed by atoms with Crippen LogP contribution in [0, 0.1) is 0 Å². The van der Waals surface area contributed by atoms with E-state index in [1.165, 1.54) is 18.4 Å². The molecule has 21 heavy (non-hydrogen) atoms. The van der Waals surface area contributed by atoms with Crippen LogP contribution < -0.4 is 5.32 Å². The molecule has 0 aliphatic carbocycles. The van der Waals surface area contributed by atoms with Crippen LogP contribution in [0.4, 0.5) is 0 Å². The molecule has 1 N–H and O–H groups in total. The molecule has 1 amide bonds. The second-order valence-electron chi connectivity index (χ2n) is 6.61. The largest absolute Gasteiger partial charge is 0.343 e. The van der Waals surface area contributed by atoms with Gasteiger partial charge >= 0.3 is 0 Å². The molecule has 0 saturated carbocycles. The second kappa shape index (κ2) is 6.61. The van der Waals surface area contributed by atoms with E-state index in [9.17, 15) is 4.79 Å². The van der Waals surface area contributed by atoms with Crippen molar-refractivity contribution in [3.63, 3.8) is 0 Å². The van der Waals surface area contributed by atoms with E-state index in [2.05, 4.69) is 29.6 Å². The van der Waals surface area contributed by atoms with Crippen LogP contribution in [-0.2, 0) is 11.2 Å². The maximum absolute atomic E-state index is 12.4. The van der Waals surface area contributed by atoms with Crippen LogP contribution >= 0.6 is 0 Å². The highest BCUT2D eigenvalue weighted by Crippen LogP contribution is 2.29. The average Bonchev–Trinajstić information content (AvgIpc) is 2.85. The highest BCUT2D eigenvalue weighted by molar-refractivity contribution is 5.76. The number of aryl methyl sites for hydroxylation is 1. The molecule has 1 aromatic rings. The number of nitrogens with zero attached hydrogens (tertiary/aromatic N) is 1. The summed E-state index contributed by atoms with van der Waals surface area (Å²) in [6.07, 6.45) is 7.47. The van der Waals surface area contributed by atoms with Gasteiger partial charge in [-0.25, -0.2) is 0 Å². The number of fused-ring (bicyclic) bond motifs is 2. The van der Waals surface area contributed by atoms with E-state index in [0.29, 0.717) is 30.5 Å². The van der Waals surface area contributed by atoms with Gasteiger partial charge in [0.15, 0.2) is 0 Å². The molecule has 114 valence electrons. The topological polar surface area (TPSA) is 32.3 Å². The quantitative estimate of drug-likeness (QED) is 0.902. The number of piperidine rings is 1. The number of carbonyl (C=O) groups is 1. The molecule has 3 nitrogen and oxygen atoms in total. The molecule has 3 heteroatoms. The van der Waals surface area contributed by atoms with Gasteiger partial charge in [-0.1, -0.05) is 30.3 Å². The van der Waals surface area contributed by atoms with E-state index in [1.807, 2.05) is 18.0 Å². The van der Waals surface area contributed by atoms with Crippen LogP contribution in [0.25, 0.3) is 0 Å². The fourth-order valence-corrected chi connectivity index (χ4v) is 3.81. The fraction of sp³-hybridized carbons (Fsp3) is 0.611.